The average Bonchev–Trinajstić information content (AvgIpc) is 3.22. The molecule has 0 fully saturated rings. The molecule has 2 amide bonds. The third-order valence-electron chi connectivity index (χ3n) is 5.01. The topological polar surface area (TPSA) is 89.6 Å². The highest BCUT2D eigenvalue weighted by Gasteiger charge is 2.16. The van der Waals surface area contributed by atoms with Gasteiger partial charge in [-0.05, 0) is 50.3 Å². The van der Waals surface area contributed by atoms with Gasteiger partial charge in [-0.1, -0.05) is 11.6 Å². The summed E-state index contributed by atoms with van der Waals surface area (Å²) in [7, 11) is 0. The van der Waals surface area contributed by atoms with Gasteiger partial charge in [0, 0.05) is 30.7 Å². The van der Waals surface area contributed by atoms with Crippen molar-refractivity contribution in [1.82, 2.24) is 10.3 Å². The number of hydrogen-bond acceptors (Lipinski definition) is 5. The highest BCUT2D eigenvalue weighted by Crippen LogP contribution is 2.34. The van der Waals surface area contributed by atoms with Crippen molar-refractivity contribution in [1.29, 1.82) is 0 Å². The van der Waals surface area contributed by atoms with Crippen LogP contribution in [0.4, 0.5) is 5.69 Å². The Hall–Kier alpha value is -3.35. The molecule has 2 N–H and O–H groups in total. The summed E-state index contributed by atoms with van der Waals surface area (Å²) in [6, 6.07) is 6.71. The van der Waals surface area contributed by atoms with Gasteiger partial charge >= 0.3 is 0 Å². The van der Waals surface area contributed by atoms with E-state index >= 15 is 0 Å². The number of nitrogens with one attached hydrogen (secondary N) is 2. The summed E-state index contributed by atoms with van der Waals surface area (Å²) < 4.78 is 10.6. The number of ether oxygens (including phenoxy) is 2. The molecule has 0 radical (unpaired) electrons. The van der Waals surface area contributed by atoms with E-state index in [-0.39, 0.29) is 18.6 Å². The first kappa shape index (κ1) is 19.0. The van der Waals surface area contributed by atoms with Gasteiger partial charge in [0.25, 0.3) is 11.8 Å². The molecular weight excluding hydrogens is 370 g/mol. The summed E-state index contributed by atoms with van der Waals surface area (Å²) in [6.07, 6.45) is 10.8. The zero-order chi connectivity index (χ0) is 20.1. The highest BCUT2D eigenvalue weighted by atomic mass is 16.7. The predicted octanol–water partition coefficient (Wildman–Crippen LogP) is 3.68. The number of benzene rings is 1. The van der Waals surface area contributed by atoms with Crippen LogP contribution in [0.3, 0.4) is 0 Å². The number of allylic oxidation sites excluding steroid dienone is 1. The van der Waals surface area contributed by atoms with Gasteiger partial charge in [-0.3, -0.25) is 14.6 Å². The molecule has 1 aliphatic carbocycles. The maximum Gasteiger partial charge on any atom is 0.257 e. The zero-order valence-electron chi connectivity index (χ0n) is 16.1. The first-order valence-corrected chi connectivity index (χ1v) is 9.81. The van der Waals surface area contributed by atoms with Crippen molar-refractivity contribution < 1.29 is 19.1 Å². The quantitative estimate of drug-likeness (QED) is 0.731. The second kappa shape index (κ2) is 8.77. The van der Waals surface area contributed by atoms with Gasteiger partial charge in [-0.2, -0.15) is 0 Å². The summed E-state index contributed by atoms with van der Waals surface area (Å²) in [5.74, 6) is 0.652. The molecule has 29 heavy (non-hydrogen) atoms. The van der Waals surface area contributed by atoms with Crippen molar-refractivity contribution in [3.05, 3.63) is 59.4 Å². The summed E-state index contributed by atoms with van der Waals surface area (Å²) in [5, 5.41) is 5.70. The number of anilines is 1. The summed E-state index contributed by atoms with van der Waals surface area (Å²) in [4.78, 5) is 29.0. The van der Waals surface area contributed by atoms with Crippen LogP contribution in [-0.4, -0.2) is 30.1 Å². The van der Waals surface area contributed by atoms with Gasteiger partial charge in [0.05, 0.1) is 11.1 Å². The second-order valence-electron chi connectivity index (χ2n) is 7.10. The minimum atomic E-state index is -0.349. The normalized spacial score (nSPS) is 14.8. The largest absolute Gasteiger partial charge is 0.454 e. The lowest BCUT2D eigenvalue weighted by molar-refractivity contribution is 0.0953. The van der Waals surface area contributed by atoms with Crippen molar-refractivity contribution in [2.75, 3.05) is 18.7 Å². The van der Waals surface area contributed by atoms with Gasteiger partial charge < -0.3 is 20.1 Å². The number of nitrogens with zero attached hydrogens (tertiary/aromatic N) is 1. The molecule has 0 bridgehead atoms. The van der Waals surface area contributed by atoms with Crippen LogP contribution in [0.5, 0.6) is 11.5 Å². The summed E-state index contributed by atoms with van der Waals surface area (Å²) >= 11 is 0. The van der Waals surface area contributed by atoms with E-state index in [9.17, 15) is 9.59 Å². The third kappa shape index (κ3) is 4.74. The third-order valence-corrected chi connectivity index (χ3v) is 5.01. The smallest absolute Gasteiger partial charge is 0.257 e. The van der Waals surface area contributed by atoms with E-state index in [2.05, 4.69) is 21.7 Å². The Morgan fingerprint density at radius 1 is 1.00 bits per heavy atom. The molecule has 1 aliphatic heterocycles. The Morgan fingerprint density at radius 3 is 2.66 bits per heavy atom. The van der Waals surface area contributed by atoms with Crippen molar-refractivity contribution in [3.8, 4) is 11.5 Å². The average molecular weight is 393 g/mol. The minimum absolute atomic E-state index is 0.172. The Labute approximate surface area is 169 Å². The molecule has 0 unspecified atom stereocenters. The van der Waals surface area contributed by atoms with E-state index in [1.54, 1.807) is 24.3 Å². The number of carbonyl (C=O) groups is 2. The first-order chi connectivity index (χ1) is 14.2. The monoisotopic (exact) mass is 393 g/mol. The van der Waals surface area contributed by atoms with E-state index in [4.69, 9.17) is 9.47 Å². The number of hydrogen-bond donors (Lipinski definition) is 2. The predicted molar refractivity (Wildman–Crippen MR) is 108 cm³/mol. The Bertz CT molecular complexity index is 955. The van der Waals surface area contributed by atoms with Crippen molar-refractivity contribution in [3.63, 3.8) is 0 Å². The van der Waals surface area contributed by atoms with Crippen LogP contribution in [0.15, 0.2) is 48.3 Å². The van der Waals surface area contributed by atoms with Gasteiger partial charge in [0.2, 0.25) is 6.79 Å². The standard InChI is InChI=1S/C22H23N3O4/c26-21(24-9-8-15-4-2-1-3-5-15)16-10-17(13-23-12-16)22(27)25-18-6-7-19-20(11-18)29-14-28-19/h4,6-7,10-13H,1-3,5,8-9,14H2,(H,24,26)(H,25,27). The summed E-state index contributed by atoms with van der Waals surface area (Å²) in [6.45, 7) is 0.753. The number of amides is 2. The molecule has 1 aromatic heterocycles. The van der Waals surface area contributed by atoms with Crippen molar-refractivity contribution >= 4 is 17.5 Å². The molecule has 0 saturated carbocycles. The molecule has 1 aromatic carbocycles. The Kier molecular flexibility index (Phi) is 5.74. The Balaban J connectivity index is 1.35. The minimum Gasteiger partial charge on any atom is -0.454 e. The van der Waals surface area contributed by atoms with Gasteiger partial charge in [-0.25, -0.2) is 0 Å². The molecule has 7 heteroatoms. The lowest BCUT2D eigenvalue weighted by Gasteiger charge is -2.13. The van der Waals surface area contributed by atoms with E-state index < -0.39 is 0 Å². The molecule has 150 valence electrons. The van der Waals surface area contributed by atoms with E-state index in [0.717, 1.165) is 19.3 Å². The van der Waals surface area contributed by atoms with Crippen LogP contribution in [0.2, 0.25) is 0 Å². The van der Waals surface area contributed by atoms with E-state index in [1.165, 1.54) is 30.8 Å². The van der Waals surface area contributed by atoms with E-state index in [1.807, 2.05) is 0 Å². The number of fused-ring (bicyclic) bond motifs is 1. The fraction of sp³-hybridized carbons (Fsp3) is 0.318. The molecule has 2 aliphatic rings. The lowest BCUT2D eigenvalue weighted by atomic mass is 9.97. The molecular formula is C22H23N3O4. The fourth-order valence-corrected chi connectivity index (χ4v) is 3.44. The maximum absolute atomic E-state index is 12.5. The molecule has 2 aromatic rings. The van der Waals surface area contributed by atoms with E-state index in [0.29, 0.717) is 34.9 Å². The molecule has 0 atom stereocenters. The molecule has 0 spiro atoms. The van der Waals surface area contributed by atoms with Gasteiger partial charge in [0.1, 0.15) is 0 Å². The highest BCUT2D eigenvalue weighted by molar-refractivity contribution is 6.06. The van der Waals surface area contributed by atoms with Crippen LogP contribution in [0, 0.1) is 0 Å². The summed E-state index contributed by atoms with van der Waals surface area (Å²) in [5.41, 5.74) is 2.66. The SMILES string of the molecule is O=C(NCCC1=CCCCC1)c1cncc(C(=O)Nc2ccc3c(c2)OCO3)c1. The zero-order valence-corrected chi connectivity index (χ0v) is 16.1. The lowest BCUT2D eigenvalue weighted by Crippen LogP contribution is -2.25. The van der Waals surface area contributed by atoms with Crippen LogP contribution < -0.4 is 20.1 Å². The number of pyridine rings is 1. The van der Waals surface area contributed by atoms with Crippen LogP contribution >= 0.6 is 0 Å². The number of aromatic nitrogens is 1. The van der Waals surface area contributed by atoms with Crippen LogP contribution in [0.25, 0.3) is 0 Å². The van der Waals surface area contributed by atoms with Gasteiger partial charge in [0.15, 0.2) is 11.5 Å². The van der Waals surface area contributed by atoms with Crippen molar-refractivity contribution in [2.45, 2.75) is 32.1 Å². The molecule has 7 nitrogen and oxygen atoms in total. The van der Waals surface area contributed by atoms with Crippen molar-refractivity contribution in [2.24, 2.45) is 0 Å². The Morgan fingerprint density at radius 2 is 1.83 bits per heavy atom. The maximum atomic E-state index is 12.5. The van der Waals surface area contributed by atoms with Gasteiger partial charge in [-0.15, -0.1) is 0 Å². The molecule has 4 rings (SSSR count). The molecule has 2 heterocycles. The number of rotatable bonds is 6. The molecule has 0 saturated heterocycles. The van der Waals surface area contributed by atoms with Crippen LogP contribution in [-0.2, 0) is 0 Å². The van der Waals surface area contributed by atoms with Crippen LogP contribution in [0.1, 0.15) is 52.8 Å². The number of carbonyl (C=O) groups excluding carboxylic acids is 2. The second-order valence-corrected chi connectivity index (χ2v) is 7.10. The fourth-order valence-electron chi connectivity index (χ4n) is 3.44. The first-order valence-electron chi connectivity index (χ1n) is 9.81.